The Hall–Kier alpha value is -5.09. The number of carbonyl (C=O) groups is 3. The van der Waals surface area contributed by atoms with Crippen molar-refractivity contribution >= 4 is 33.6 Å². The van der Waals surface area contributed by atoms with Crippen LogP contribution < -0.4 is 0 Å². The fraction of sp³-hybridized carbons (Fsp3) is 0.699. The molecule has 0 fully saturated rings. The van der Waals surface area contributed by atoms with Gasteiger partial charge in [-0.15, -0.1) is 0 Å². The van der Waals surface area contributed by atoms with E-state index in [0.29, 0.717) is 19.3 Å². The SMILES string of the molecule is CC/C=C\C/C=C\C/C=C\C/C=C\C/C=C\C/C=C\CCCCCCCCCCCCCCCCCCC(=O)OCC(O)COP(=O)(O)OCC(O)COP(=O)(O)OCC(COC(=O)CCCCCCCCCCCCCCCCCCCCC/C=C\C/C=C\C/C=C\C/C=C\C/C=C\CC)OC(=O)CCCCCCC/C=C\C/C=C\C/C=C\CC. The summed E-state index contributed by atoms with van der Waals surface area (Å²) in [4.78, 5) is 59.0. The predicted octanol–water partition coefficient (Wildman–Crippen LogP) is 30.2. The van der Waals surface area contributed by atoms with Gasteiger partial charge < -0.3 is 34.2 Å². The van der Waals surface area contributed by atoms with Crippen LogP contribution in [-0.4, -0.2) is 95.9 Å². The Morgan fingerprint density at radius 3 is 0.653 bits per heavy atom. The molecule has 4 N–H and O–H groups in total. The van der Waals surface area contributed by atoms with E-state index in [2.05, 4.69) is 191 Å². The van der Waals surface area contributed by atoms with Crippen LogP contribution in [0.5, 0.6) is 0 Å². The van der Waals surface area contributed by atoms with Crippen LogP contribution in [0.2, 0.25) is 0 Å². The molecule has 0 aromatic heterocycles. The van der Waals surface area contributed by atoms with E-state index in [1.54, 1.807) is 0 Å². The van der Waals surface area contributed by atoms with Crippen LogP contribution in [0, 0.1) is 0 Å². The highest BCUT2D eigenvalue weighted by atomic mass is 31.2. The topological polar surface area (TPSA) is 231 Å². The number of ether oxygens (including phenoxy) is 3. The molecule has 694 valence electrons. The second-order valence-corrected chi connectivity index (χ2v) is 35.0. The number of phosphoric acid groups is 2. The molecule has 0 spiro atoms. The van der Waals surface area contributed by atoms with Crippen LogP contribution in [0.15, 0.2) is 170 Å². The first-order chi connectivity index (χ1) is 59.2. The summed E-state index contributed by atoms with van der Waals surface area (Å²) < 4.78 is 61.5. The molecule has 0 saturated carbocycles. The number of carbonyl (C=O) groups excluding carboxylic acids is 3. The standard InChI is InChI=1S/C103H176O16P2/c1-4-7-10-13-16-19-22-25-28-30-32-34-36-38-40-42-44-46-48-50-52-54-56-58-60-62-64-66-69-71-74-77-80-83-86-89-101(106)113-92-98(104)93-115-120(109,110)116-94-99(105)95-117-121(111,112)118-97-100(119-103(108)91-88-85-82-79-76-73-68-27-24-21-18-15-12-9-6-3)96-114-102(107)90-87-84-81-78-75-72-70-67-65-63-61-59-57-55-53-51-49-47-45-43-41-39-37-35-33-31-29-26-23-20-17-14-11-8-5-2/h7-12,16-21,25-29,32-35,38-41,44,46,68,98-100,104-105H,4-6,13-15,22-24,30-31,36-37,42-43,45,47-67,69-97H2,1-3H3,(H,109,110)(H,111,112)/b10-7-,11-8-,12-9-,19-16-,20-17-,21-18-,28-25-,29-26-,34-32-,35-33-,40-38-,41-39-,46-44-,68-27-. The average molecular weight is 1730 g/mol. The molecular weight excluding hydrogens is 1560 g/mol. The van der Waals surface area contributed by atoms with Gasteiger partial charge in [-0.25, -0.2) is 9.13 Å². The molecule has 0 aromatic carbocycles. The van der Waals surface area contributed by atoms with Crippen molar-refractivity contribution < 1.29 is 75.8 Å². The molecule has 121 heavy (non-hydrogen) atoms. The van der Waals surface area contributed by atoms with Crippen LogP contribution in [0.4, 0.5) is 0 Å². The second kappa shape index (κ2) is 94.1. The van der Waals surface area contributed by atoms with Crippen LogP contribution in [0.3, 0.4) is 0 Å². The van der Waals surface area contributed by atoms with E-state index in [9.17, 15) is 43.5 Å². The lowest BCUT2D eigenvalue weighted by molar-refractivity contribution is -0.161. The third-order valence-corrected chi connectivity index (χ3v) is 22.3. The van der Waals surface area contributed by atoms with Crippen molar-refractivity contribution in [1.82, 2.24) is 0 Å². The third kappa shape index (κ3) is 95.4. The molecule has 5 atom stereocenters. The summed E-state index contributed by atoms with van der Waals surface area (Å²) in [6.07, 6.45) is 123. The van der Waals surface area contributed by atoms with Crippen LogP contribution >= 0.6 is 15.6 Å². The molecule has 0 aliphatic carbocycles. The van der Waals surface area contributed by atoms with Gasteiger partial charge in [-0.2, -0.15) is 0 Å². The number of unbranched alkanes of at least 4 members (excludes halogenated alkanes) is 40. The molecule has 5 unspecified atom stereocenters. The normalized spacial score (nSPS) is 14.5. The lowest BCUT2D eigenvalue weighted by Gasteiger charge is -2.21. The molecule has 16 nitrogen and oxygen atoms in total. The maximum Gasteiger partial charge on any atom is 0.472 e. The van der Waals surface area contributed by atoms with E-state index in [1.807, 2.05) is 0 Å². The molecule has 0 aliphatic rings. The van der Waals surface area contributed by atoms with Gasteiger partial charge in [0.2, 0.25) is 0 Å². The summed E-state index contributed by atoms with van der Waals surface area (Å²) in [5, 5.41) is 20.7. The van der Waals surface area contributed by atoms with E-state index >= 15 is 0 Å². The smallest absolute Gasteiger partial charge is 0.463 e. The minimum absolute atomic E-state index is 0.0842. The van der Waals surface area contributed by atoms with Gasteiger partial charge in [-0.3, -0.25) is 32.5 Å². The Morgan fingerprint density at radius 2 is 0.413 bits per heavy atom. The Labute approximate surface area is 739 Å². The van der Waals surface area contributed by atoms with Crippen molar-refractivity contribution in [3.63, 3.8) is 0 Å². The summed E-state index contributed by atoms with van der Waals surface area (Å²) in [5.74, 6) is -1.58. The Bertz CT molecular complexity index is 2880. The van der Waals surface area contributed by atoms with Crippen LogP contribution in [0.1, 0.15) is 406 Å². The number of aliphatic hydroxyl groups is 2. The third-order valence-electron chi connectivity index (χ3n) is 20.4. The summed E-state index contributed by atoms with van der Waals surface area (Å²) >= 11 is 0. The second-order valence-electron chi connectivity index (χ2n) is 32.1. The van der Waals surface area contributed by atoms with E-state index in [4.69, 9.17) is 32.3 Å². The minimum atomic E-state index is -4.94. The number of aliphatic hydroxyl groups excluding tert-OH is 2. The van der Waals surface area contributed by atoms with Gasteiger partial charge in [0.1, 0.15) is 25.4 Å². The Morgan fingerprint density at radius 1 is 0.231 bits per heavy atom. The van der Waals surface area contributed by atoms with Gasteiger partial charge in [0.25, 0.3) is 0 Å². The maximum atomic E-state index is 13.0. The van der Waals surface area contributed by atoms with Crippen molar-refractivity contribution in [3.05, 3.63) is 170 Å². The van der Waals surface area contributed by atoms with E-state index in [0.717, 1.165) is 161 Å². The van der Waals surface area contributed by atoms with Crippen molar-refractivity contribution in [2.24, 2.45) is 0 Å². The number of hydrogen-bond donors (Lipinski definition) is 4. The number of phosphoric ester groups is 2. The fourth-order valence-electron chi connectivity index (χ4n) is 13.2. The highest BCUT2D eigenvalue weighted by molar-refractivity contribution is 7.47. The van der Waals surface area contributed by atoms with Crippen molar-refractivity contribution in [2.45, 2.75) is 424 Å². The highest BCUT2D eigenvalue weighted by Crippen LogP contribution is 2.45. The van der Waals surface area contributed by atoms with Crippen LogP contribution in [0.25, 0.3) is 0 Å². The molecule has 18 heteroatoms. The van der Waals surface area contributed by atoms with E-state index in [1.165, 1.54) is 186 Å². The summed E-state index contributed by atoms with van der Waals surface area (Å²) in [7, 11) is -9.81. The Kier molecular flexibility index (Phi) is 90.1. The van der Waals surface area contributed by atoms with E-state index in [-0.39, 0.29) is 19.3 Å². The molecule has 0 heterocycles. The molecular formula is C103H176O16P2. The first-order valence-electron chi connectivity index (χ1n) is 48.4. The minimum Gasteiger partial charge on any atom is -0.463 e. The quantitative estimate of drug-likeness (QED) is 0.0146. The first-order valence-corrected chi connectivity index (χ1v) is 51.4. The predicted molar refractivity (Wildman–Crippen MR) is 509 cm³/mol. The maximum absolute atomic E-state index is 13.0. The zero-order chi connectivity index (χ0) is 87.9. The summed E-state index contributed by atoms with van der Waals surface area (Å²) in [6, 6.07) is 0. The first kappa shape index (κ1) is 116. The molecule has 0 aliphatic heterocycles. The van der Waals surface area contributed by atoms with Gasteiger partial charge >= 0.3 is 33.6 Å². The molecule has 0 bridgehead atoms. The van der Waals surface area contributed by atoms with Gasteiger partial charge in [0.15, 0.2) is 6.10 Å². The molecule has 0 saturated heterocycles. The fourth-order valence-corrected chi connectivity index (χ4v) is 14.8. The lowest BCUT2D eigenvalue weighted by atomic mass is 10.0. The molecule has 0 amide bonds. The molecule has 0 rings (SSSR count). The summed E-state index contributed by atoms with van der Waals surface area (Å²) in [6.45, 7) is 2.37. The zero-order valence-electron chi connectivity index (χ0n) is 76.6. The number of esters is 3. The number of rotatable bonds is 91. The van der Waals surface area contributed by atoms with Crippen molar-refractivity contribution in [2.75, 3.05) is 39.6 Å². The van der Waals surface area contributed by atoms with Gasteiger partial charge in [-0.1, -0.05) is 409 Å². The Balaban J connectivity index is 4.41. The van der Waals surface area contributed by atoms with Gasteiger partial charge in [0.05, 0.1) is 26.4 Å². The largest absolute Gasteiger partial charge is 0.472 e. The number of hydrogen-bond acceptors (Lipinski definition) is 14. The van der Waals surface area contributed by atoms with Crippen LogP contribution in [-0.2, 0) is 55.8 Å². The average Bonchev–Trinajstić information content (AvgIpc) is 0.890. The van der Waals surface area contributed by atoms with Gasteiger partial charge in [0, 0.05) is 19.3 Å². The highest BCUT2D eigenvalue weighted by Gasteiger charge is 2.30. The molecule has 0 aromatic rings. The molecule has 0 radical (unpaired) electrons. The van der Waals surface area contributed by atoms with Crippen molar-refractivity contribution in [3.8, 4) is 0 Å². The van der Waals surface area contributed by atoms with Gasteiger partial charge in [-0.05, 0) is 148 Å². The number of allylic oxidation sites excluding steroid dienone is 28. The lowest BCUT2D eigenvalue weighted by Crippen LogP contribution is -2.30. The zero-order valence-corrected chi connectivity index (χ0v) is 78.4. The van der Waals surface area contributed by atoms with E-state index < -0.39 is 91.5 Å². The van der Waals surface area contributed by atoms with Crippen molar-refractivity contribution in [1.29, 1.82) is 0 Å². The monoisotopic (exact) mass is 1730 g/mol. The summed E-state index contributed by atoms with van der Waals surface area (Å²) in [5.41, 5.74) is 0.